The Morgan fingerprint density at radius 3 is 2.93 bits per heavy atom. The third kappa shape index (κ3) is 3.53. The number of piperidine rings is 1. The SMILES string of the molecule is CCCCOC(=O)N1CCC(=O)C[C@H]1C. The van der Waals surface area contributed by atoms with Crippen LogP contribution in [0.25, 0.3) is 0 Å². The van der Waals surface area contributed by atoms with Gasteiger partial charge in [0.15, 0.2) is 0 Å². The van der Waals surface area contributed by atoms with E-state index < -0.39 is 0 Å². The summed E-state index contributed by atoms with van der Waals surface area (Å²) in [7, 11) is 0. The van der Waals surface area contributed by atoms with Crippen molar-refractivity contribution in [3.05, 3.63) is 0 Å². The molecule has 86 valence electrons. The Hall–Kier alpha value is -1.06. The van der Waals surface area contributed by atoms with E-state index in [4.69, 9.17) is 4.74 Å². The first-order valence-corrected chi connectivity index (χ1v) is 5.60. The number of hydrogen-bond acceptors (Lipinski definition) is 3. The average Bonchev–Trinajstić information content (AvgIpc) is 2.17. The molecule has 0 radical (unpaired) electrons. The Bertz CT molecular complexity index is 240. The summed E-state index contributed by atoms with van der Waals surface area (Å²) < 4.78 is 5.10. The fourth-order valence-electron chi connectivity index (χ4n) is 1.67. The summed E-state index contributed by atoms with van der Waals surface area (Å²) in [5, 5.41) is 0. The number of carbonyl (C=O) groups excluding carboxylic acids is 2. The molecule has 1 rings (SSSR count). The van der Waals surface area contributed by atoms with Crippen LogP contribution in [0.2, 0.25) is 0 Å². The molecule has 0 N–H and O–H groups in total. The van der Waals surface area contributed by atoms with Crippen LogP contribution in [0.3, 0.4) is 0 Å². The number of ether oxygens (including phenoxy) is 1. The second-order valence-corrected chi connectivity index (χ2v) is 4.00. The van der Waals surface area contributed by atoms with E-state index in [0.29, 0.717) is 26.0 Å². The summed E-state index contributed by atoms with van der Waals surface area (Å²) in [6.07, 6.45) is 2.56. The lowest BCUT2D eigenvalue weighted by Gasteiger charge is -2.31. The summed E-state index contributed by atoms with van der Waals surface area (Å²) >= 11 is 0. The van der Waals surface area contributed by atoms with Crippen LogP contribution in [0.5, 0.6) is 0 Å². The van der Waals surface area contributed by atoms with Crippen LogP contribution in [0, 0.1) is 0 Å². The zero-order valence-electron chi connectivity index (χ0n) is 9.49. The van der Waals surface area contributed by atoms with Gasteiger partial charge in [0.1, 0.15) is 5.78 Å². The number of amides is 1. The molecule has 0 aromatic rings. The third-order valence-electron chi connectivity index (χ3n) is 2.64. The molecule has 1 atom stereocenters. The molecule has 15 heavy (non-hydrogen) atoms. The molecular weight excluding hydrogens is 194 g/mol. The van der Waals surface area contributed by atoms with E-state index in [1.807, 2.05) is 6.92 Å². The van der Waals surface area contributed by atoms with Gasteiger partial charge in [-0.3, -0.25) is 4.79 Å². The predicted molar refractivity (Wildman–Crippen MR) is 56.7 cm³/mol. The molecule has 0 aliphatic carbocycles. The number of unbranched alkanes of at least 4 members (excludes halogenated alkanes) is 1. The molecule has 1 heterocycles. The summed E-state index contributed by atoms with van der Waals surface area (Å²) in [5.41, 5.74) is 0. The highest BCUT2D eigenvalue weighted by Gasteiger charge is 2.28. The molecule has 0 aromatic carbocycles. The largest absolute Gasteiger partial charge is 0.449 e. The fraction of sp³-hybridized carbons (Fsp3) is 0.818. The molecule has 0 unspecified atom stereocenters. The highest BCUT2D eigenvalue weighted by molar-refractivity contribution is 5.82. The van der Waals surface area contributed by atoms with Crippen molar-refractivity contribution in [2.75, 3.05) is 13.2 Å². The van der Waals surface area contributed by atoms with Crippen LogP contribution < -0.4 is 0 Å². The predicted octanol–water partition coefficient (Wildman–Crippen LogP) is 1.98. The first-order chi connectivity index (χ1) is 7.15. The maximum absolute atomic E-state index is 11.6. The van der Waals surface area contributed by atoms with Gasteiger partial charge in [-0.05, 0) is 13.3 Å². The van der Waals surface area contributed by atoms with Crippen molar-refractivity contribution >= 4 is 11.9 Å². The first kappa shape index (κ1) is 12.0. The van der Waals surface area contributed by atoms with Crippen LogP contribution in [-0.2, 0) is 9.53 Å². The van der Waals surface area contributed by atoms with Crippen molar-refractivity contribution in [1.29, 1.82) is 0 Å². The van der Waals surface area contributed by atoms with Crippen LogP contribution in [0.4, 0.5) is 4.79 Å². The minimum Gasteiger partial charge on any atom is -0.449 e. The molecule has 0 bridgehead atoms. The third-order valence-corrected chi connectivity index (χ3v) is 2.64. The lowest BCUT2D eigenvalue weighted by molar-refractivity contribution is -0.122. The quantitative estimate of drug-likeness (QED) is 0.673. The van der Waals surface area contributed by atoms with Gasteiger partial charge in [0.25, 0.3) is 0 Å². The number of ketones is 1. The summed E-state index contributed by atoms with van der Waals surface area (Å²) in [5.74, 6) is 0.236. The summed E-state index contributed by atoms with van der Waals surface area (Å²) in [6.45, 7) is 4.92. The minimum atomic E-state index is -0.275. The zero-order chi connectivity index (χ0) is 11.3. The van der Waals surface area contributed by atoms with E-state index in [-0.39, 0.29) is 17.9 Å². The minimum absolute atomic E-state index is 0.0135. The van der Waals surface area contributed by atoms with E-state index >= 15 is 0 Å². The van der Waals surface area contributed by atoms with Gasteiger partial charge in [-0.2, -0.15) is 0 Å². The smallest absolute Gasteiger partial charge is 0.410 e. The number of nitrogens with zero attached hydrogens (tertiary/aromatic N) is 1. The average molecular weight is 213 g/mol. The molecule has 0 saturated carbocycles. The van der Waals surface area contributed by atoms with Gasteiger partial charge < -0.3 is 9.64 Å². The molecule has 1 aliphatic rings. The van der Waals surface area contributed by atoms with E-state index in [1.54, 1.807) is 4.90 Å². The molecule has 4 heteroatoms. The molecule has 0 aromatic heterocycles. The van der Waals surface area contributed by atoms with Crippen molar-refractivity contribution in [1.82, 2.24) is 4.90 Å². The Kier molecular flexibility index (Phi) is 4.59. The Morgan fingerprint density at radius 1 is 1.60 bits per heavy atom. The van der Waals surface area contributed by atoms with Crippen LogP contribution in [0.1, 0.15) is 39.5 Å². The molecule has 1 fully saturated rings. The molecule has 1 saturated heterocycles. The maximum atomic E-state index is 11.6. The van der Waals surface area contributed by atoms with Crippen LogP contribution >= 0.6 is 0 Å². The van der Waals surface area contributed by atoms with Gasteiger partial charge in [0, 0.05) is 25.4 Å². The van der Waals surface area contributed by atoms with Gasteiger partial charge >= 0.3 is 6.09 Å². The Balaban J connectivity index is 2.35. The molecule has 0 spiro atoms. The Labute approximate surface area is 90.6 Å². The second-order valence-electron chi connectivity index (χ2n) is 4.00. The van der Waals surface area contributed by atoms with Crippen molar-refractivity contribution < 1.29 is 14.3 Å². The number of carbonyl (C=O) groups is 2. The van der Waals surface area contributed by atoms with Crippen molar-refractivity contribution in [2.24, 2.45) is 0 Å². The van der Waals surface area contributed by atoms with E-state index in [0.717, 1.165) is 12.8 Å². The van der Waals surface area contributed by atoms with Crippen LogP contribution in [0.15, 0.2) is 0 Å². The first-order valence-electron chi connectivity index (χ1n) is 5.60. The van der Waals surface area contributed by atoms with E-state index in [1.165, 1.54) is 0 Å². The number of hydrogen-bond donors (Lipinski definition) is 0. The van der Waals surface area contributed by atoms with Crippen molar-refractivity contribution in [3.8, 4) is 0 Å². The normalized spacial score (nSPS) is 21.6. The number of rotatable bonds is 3. The zero-order valence-corrected chi connectivity index (χ0v) is 9.49. The van der Waals surface area contributed by atoms with Gasteiger partial charge in [-0.1, -0.05) is 13.3 Å². The van der Waals surface area contributed by atoms with E-state index in [2.05, 4.69) is 6.92 Å². The van der Waals surface area contributed by atoms with Gasteiger partial charge in [-0.15, -0.1) is 0 Å². The second kappa shape index (κ2) is 5.73. The van der Waals surface area contributed by atoms with Crippen LogP contribution in [-0.4, -0.2) is 36.0 Å². The molecule has 1 amide bonds. The summed E-state index contributed by atoms with van der Waals surface area (Å²) in [6, 6.07) is -0.0135. The topological polar surface area (TPSA) is 46.6 Å². The number of likely N-dealkylation sites (tertiary alicyclic amines) is 1. The van der Waals surface area contributed by atoms with Gasteiger partial charge in [-0.25, -0.2) is 4.79 Å². The van der Waals surface area contributed by atoms with Gasteiger partial charge in [0.05, 0.1) is 6.61 Å². The van der Waals surface area contributed by atoms with Gasteiger partial charge in [0.2, 0.25) is 0 Å². The van der Waals surface area contributed by atoms with Crippen molar-refractivity contribution in [2.45, 2.75) is 45.6 Å². The highest BCUT2D eigenvalue weighted by atomic mass is 16.6. The lowest BCUT2D eigenvalue weighted by Crippen LogP contribution is -2.45. The van der Waals surface area contributed by atoms with E-state index in [9.17, 15) is 9.59 Å². The number of Topliss-reactive ketones (excluding diaryl/α,β-unsaturated/α-hetero) is 1. The molecule has 4 nitrogen and oxygen atoms in total. The monoisotopic (exact) mass is 213 g/mol. The maximum Gasteiger partial charge on any atom is 0.410 e. The Morgan fingerprint density at radius 2 is 2.33 bits per heavy atom. The summed E-state index contributed by atoms with van der Waals surface area (Å²) in [4.78, 5) is 24.4. The van der Waals surface area contributed by atoms with Crippen molar-refractivity contribution in [3.63, 3.8) is 0 Å². The highest BCUT2D eigenvalue weighted by Crippen LogP contribution is 2.14. The fourth-order valence-corrected chi connectivity index (χ4v) is 1.67. The lowest BCUT2D eigenvalue weighted by atomic mass is 10.0. The molecular formula is C11H19NO3. The molecule has 1 aliphatic heterocycles. The standard InChI is InChI=1S/C11H19NO3/c1-3-4-7-15-11(14)12-6-5-10(13)8-9(12)2/h9H,3-8H2,1-2H3/t9-/m1/s1.